The Kier molecular flexibility index (Phi) is 5.40. The minimum absolute atomic E-state index is 0.0897. The second-order valence-electron chi connectivity index (χ2n) is 7.62. The van der Waals surface area contributed by atoms with E-state index in [0.717, 1.165) is 16.5 Å². The normalized spacial score (nSPS) is 12.1. The lowest BCUT2D eigenvalue weighted by molar-refractivity contribution is 0.101. The van der Waals surface area contributed by atoms with Gasteiger partial charge < -0.3 is 0 Å². The lowest BCUT2D eigenvalue weighted by atomic mass is 10.1. The van der Waals surface area contributed by atoms with Crippen molar-refractivity contribution in [1.82, 2.24) is 4.57 Å². The largest absolute Gasteiger partial charge is 0.294 e. The van der Waals surface area contributed by atoms with Gasteiger partial charge in [0.15, 0.2) is 5.78 Å². The second kappa shape index (κ2) is 6.99. The molecule has 0 unspecified atom stereocenters. The van der Waals surface area contributed by atoms with Crippen LogP contribution >= 0.6 is 0 Å². The van der Waals surface area contributed by atoms with E-state index in [1.54, 1.807) is 6.92 Å². The third-order valence-corrected chi connectivity index (χ3v) is 11.6. The summed E-state index contributed by atoms with van der Waals surface area (Å²) in [6.07, 6.45) is 1.90. The molecule has 0 atom stereocenters. The predicted octanol–water partition coefficient (Wildman–Crippen LogP) is 5.87. The number of benzene rings is 1. The topological polar surface area (TPSA) is 22.0 Å². The standard InChI is InChI=1S/C21H29NOSi/c1-15(2)24(16(3)4,17(5)6)13-12-22-14-20(18(7)23)19-10-8-9-11-21(19)22/h8-11,14-17H,1-7H3. The Bertz CT molecular complexity index is 780. The fraction of sp³-hybridized carbons (Fsp3) is 0.476. The van der Waals surface area contributed by atoms with Crippen molar-refractivity contribution in [3.05, 3.63) is 36.0 Å². The van der Waals surface area contributed by atoms with Gasteiger partial charge in [-0.15, -0.1) is 5.54 Å². The molecular weight excluding hydrogens is 310 g/mol. The monoisotopic (exact) mass is 339 g/mol. The average Bonchev–Trinajstić information content (AvgIpc) is 2.86. The summed E-state index contributed by atoms with van der Waals surface area (Å²) >= 11 is 0. The zero-order valence-electron chi connectivity index (χ0n) is 16.0. The average molecular weight is 340 g/mol. The third kappa shape index (κ3) is 3.08. The summed E-state index contributed by atoms with van der Waals surface area (Å²) in [7, 11) is -1.78. The number of rotatable bonds is 4. The molecule has 0 N–H and O–H groups in total. The van der Waals surface area contributed by atoms with Gasteiger partial charge in [0.25, 0.3) is 0 Å². The molecule has 0 spiro atoms. The van der Waals surface area contributed by atoms with Crippen molar-refractivity contribution in [2.45, 2.75) is 65.1 Å². The quantitative estimate of drug-likeness (QED) is 0.388. The number of hydrogen-bond acceptors (Lipinski definition) is 1. The molecule has 2 nitrogen and oxygen atoms in total. The molecule has 3 heteroatoms. The maximum absolute atomic E-state index is 11.9. The van der Waals surface area contributed by atoms with Crippen molar-refractivity contribution in [1.29, 1.82) is 0 Å². The van der Waals surface area contributed by atoms with E-state index in [1.807, 2.05) is 35.0 Å². The lowest BCUT2D eigenvalue weighted by Crippen LogP contribution is -2.43. The number of Topliss-reactive ketones (excluding diaryl/α,β-unsaturated/α-hetero) is 1. The first-order valence-electron chi connectivity index (χ1n) is 8.86. The van der Waals surface area contributed by atoms with Crippen LogP contribution in [-0.2, 0) is 0 Å². The highest BCUT2D eigenvalue weighted by Gasteiger charge is 2.41. The molecule has 0 bridgehead atoms. The first-order chi connectivity index (χ1) is 11.2. The number of aromatic nitrogens is 1. The Balaban J connectivity index is 2.65. The molecule has 1 heterocycles. The maximum atomic E-state index is 11.9. The molecule has 0 radical (unpaired) electrons. The molecule has 24 heavy (non-hydrogen) atoms. The van der Waals surface area contributed by atoms with Crippen LogP contribution in [0, 0.1) is 11.6 Å². The number of carbonyl (C=O) groups excluding carboxylic acids is 1. The lowest BCUT2D eigenvalue weighted by Gasteiger charge is -2.37. The number of ketones is 1. The number of fused-ring (bicyclic) bond motifs is 1. The van der Waals surface area contributed by atoms with Gasteiger partial charge in [0.1, 0.15) is 8.07 Å². The van der Waals surface area contributed by atoms with Gasteiger partial charge in [-0.25, -0.2) is 0 Å². The highest BCUT2D eigenvalue weighted by molar-refractivity contribution is 6.90. The van der Waals surface area contributed by atoms with Gasteiger partial charge >= 0.3 is 0 Å². The van der Waals surface area contributed by atoms with Crippen LogP contribution in [0.25, 0.3) is 10.9 Å². The van der Waals surface area contributed by atoms with E-state index in [4.69, 9.17) is 0 Å². The van der Waals surface area contributed by atoms with Crippen LogP contribution < -0.4 is 0 Å². The summed E-state index contributed by atoms with van der Waals surface area (Å²) in [6, 6.07) is 11.4. The number of nitrogens with zero attached hydrogens (tertiary/aromatic N) is 1. The summed E-state index contributed by atoms with van der Waals surface area (Å²) in [6.45, 7) is 15.5. The van der Waals surface area contributed by atoms with Crippen LogP contribution in [0.4, 0.5) is 0 Å². The highest BCUT2D eigenvalue weighted by Crippen LogP contribution is 2.40. The van der Waals surface area contributed by atoms with Crippen molar-refractivity contribution < 1.29 is 4.79 Å². The van der Waals surface area contributed by atoms with E-state index in [-0.39, 0.29) is 5.78 Å². The summed E-state index contributed by atoms with van der Waals surface area (Å²) in [5, 5.41) is 0.991. The fourth-order valence-electron chi connectivity index (χ4n) is 4.14. The van der Waals surface area contributed by atoms with Crippen molar-refractivity contribution in [2.75, 3.05) is 0 Å². The zero-order chi connectivity index (χ0) is 18.1. The molecule has 0 amide bonds. The van der Waals surface area contributed by atoms with Gasteiger partial charge in [-0.05, 0) is 29.6 Å². The van der Waals surface area contributed by atoms with E-state index >= 15 is 0 Å². The first-order valence-corrected chi connectivity index (χ1v) is 11.1. The second-order valence-corrected chi connectivity index (χ2v) is 13.2. The van der Waals surface area contributed by atoms with Crippen molar-refractivity contribution in [3.63, 3.8) is 0 Å². The van der Waals surface area contributed by atoms with Gasteiger partial charge in [0, 0.05) is 23.2 Å². The van der Waals surface area contributed by atoms with Crippen LogP contribution in [0.1, 0.15) is 58.8 Å². The predicted molar refractivity (Wildman–Crippen MR) is 106 cm³/mol. The van der Waals surface area contributed by atoms with E-state index in [1.165, 1.54) is 0 Å². The molecule has 1 aromatic carbocycles. The van der Waals surface area contributed by atoms with Crippen LogP contribution in [-0.4, -0.2) is 18.4 Å². The Labute approximate surface area is 147 Å². The minimum Gasteiger partial charge on any atom is -0.294 e. The first kappa shape index (κ1) is 18.5. The highest BCUT2D eigenvalue weighted by atomic mass is 28.3. The minimum atomic E-state index is -1.78. The third-order valence-electron chi connectivity index (χ3n) is 5.35. The summed E-state index contributed by atoms with van der Waals surface area (Å²) in [5.41, 5.74) is 7.30. The molecule has 1 aromatic heterocycles. The van der Waals surface area contributed by atoms with E-state index < -0.39 is 8.07 Å². The van der Waals surface area contributed by atoms with Gasteiger partial charge in [-0.1, -0.05) is 59.7 Å². The Morgan fingerprint density at radius 3 is 2.04 bits per heavy atom. The molecule has 0 aliphatic rings. The smallest absolute Gasteiger partial charge is 0.161 e. The number of para-hydroxylation sites is 1. The van der Waals surface area contributed by atoms with Gasteiger partial charge in [-0.2, -0.15) is 0 Å². The Morgan fingerprint density at radius 2 is 1.54 bits per heavy atom. The zero-order valence-corrected chi connectivity index (χ0v) is 17.0. The molecule has 0 aliphatic carbocycles. The molecule has 2 rings (SSSR count). The van der Waals surface area contributed by atoms with Crippen LogP contribution in [0.2, 0.25) is 16.6 Å². The van der Waals surface area contributed by atoms with E-state index in [0.29, 0.717) is 16.6 Å². The molecule has 0 saturated heterocycles. The summed E-state index contributed by atoms with van der Waals surface area (Å²) < 4.78 is 1.96. The number of hydrogen-bond donors (Lipinski definition) is 0. The van der Waals surface area contributed by atoms with Gasteiger partial charge in [-0.3, -0.25) is 9.36 Å². The van der Waals surface area contributed by atoms with Gasteiger partial charge in [0.05, 0.1) is 5.52 Å². The van der Waals surface area contributed by atoms with Crippen LogP contribution in [0.3, 0.4) is 0 Å². The molecule has 0 saturated carbocycles. The van der Waals surface area contributed by atoms with Gasteiger partial charge in [0.2, 0.25) is 0 Å². The molecule has 2 aromatic rings. The van der Waals surface area contributed by atoms with Crippen LogP contribution in [0.15, 0.2) is 30.5 Å². The maximum Gasteiger partial charge on any atom is 0.161 e. The van der Waals surface area contributed by atoms with E-state index in [9.17, 15) is 4.79 Å². The summed E-state index contributed by atoms with van der Waals surface area (Å²) in [5.74, 6) is 0.0897. The van der Waals surface area contributed by atoms with Crippen LogP contribution in [0.5, 0.6) is 0 Å². The van der Waals surface area contributed by atoms with Crippen molar-refractivity contribution >= 4 is 24.8 Å². The van der Waals surface area contributed by atoms with Crippen molar-refractivity contribution in [2.24, 2.45) is 0 Å². The Hall–Kier alpha value is -1.79. The fourth-order valence-corrected chi connectivity index (χ4v) is 9.32. The Morgan fingerprint density at radius 1 is 1.00 bits per heavy atom. The molecular formula is C21H29NOSi. The molecule has 0 aliphatic heterocycles. The van der Waals surface area contributed by atoms with Crippen molar-refractivity contribution in [3.8, 4) is 11.6 Å². The summed E-state index contributed by atoms with van der Waals surface area (Å²) in [4.78, 5) is 11.9. The molecule has 0 fully saturated rings. The van der Waals surface area contributed by atoms with E-state index in [2.05, 4.69) is 53.1 Å². The number of carbonyl (C=O) groups is 1. The SMILES string of the molecule is CC(=O)c1cn(C#C[Si](C(C)C)(C(C)C)C(C)C)c2ccccc12. The molecule has 128 valence electrons.